The monoisotopic (exact) mass is 501 g/mol. The van der Waals surface area contributed by atoms with E-state index in [1.807, 2.05) is 66.7 Å². The minimum Gasteiger partial charge on any atom is -0.487 e. The van der Waals surface area contributed by atoms with Gasteiger partial charge in [-0.05, 0) is 42.0 Å². The second-order valence-electron chi connectivity index (χ2n) is 8.89. The van der Waals surface area contributed by atoms with Gasteiger partial charge in [0, 0.05) is 16.7 Å². The lowest BCUT2D eigenvalue weighted by atomic mass is 10.1. The molecule has 4 aromatic carbocycles. The van der Waals surface area contributed by atoms with Crippen LogP contribution in [-0.4, -0.2) is 25.0 Å². The number of nitrogens with zero attached hydrogens (tertiary/aromatic N) is 4. The molecule has 0 atom stereocenters. The van der Waals surface area contributed by atoms with E-state index in [1.165, 1.54) is 12.1 Å². The Bertz CT molecular complexity index is 1590. The van der Waals surface area contributed by atoms with Crippen molar-refractivity contribution < 1.29 is 9.13 Å². The number of benzene rings is 4. The second-order valence-corrected chi connectivity index (χ2v) is 8.89. The molecule has 0 amide bonds. The number of halogens is 1. The standard InChI is InChI=1S/C31H24FN5O/c32-26-13-7-8-22(18-26)19-37-20-27(35-36-37)21-38-28-16-14-25(15-17-28)31-33-29(23-9-3-1-4-10-23)30(34-31)24-11-5-2-6-12-24/h1-18,20H,19,21H2,(H,33,34). The number of H-pyrrole nitrogens is 1. The maximum Gasteiger partial charge on any atom is 0.138 e. The molecule has 0 aliphatic rings. The number of hydrogen-bond donors (Lipinski definition) is 1. The number of aromatic nitrogens is 5. The van der Waals surface area contributed by atoms with Crippen LogP contribution in [0.4, 0.5) is 4.39 Å². The third-order valence-electron chi connectivity index (χ3n) is 6.15. The Kier molecular flexibility index (Phi) is 6.47. The molecule has 6 aromatic rings. The van der Waals surface area contributed by atoms with Crippen molar-refractivity contribution in [3.63, 3.8) is 0 Å². The molecule has 2 heterocycles. The smallest absolute Gasteiger partial charge is 0.138 e. The number of rotatable bonds is 8. The van der Waals surface area contributed by atoms with Gasteiger partial charge in [-0.1, -0.05) is 78.0 Å². The maximum atomic E-state index is 13.4. The quantitative estimate of drug-likeness (QED) is 0.250. The third kappa shape index (κ3) is 5.22. The summed E-state index contributed by atoms with van der Waals surface area (Å²) in [5, 5.41) is 8.28. The summed E-state index contributed by atoms with van der Waals surface area (Å²) in [4.78, 5) is 8.47. The molecule has 0 fully saturated rings. The predicted octanol–water partition coefficient (Wildman–Crippen LogP) is 6.77. The van der Waals surface area contributed by atoms with Crippen LogP contribution in [-0.2, 0) is 13.2 Å². The highest BCUT2D eigenvalue weighted by Gasteiger charge is 2.15. The zero-order valence-corrected chi connectivity index (χ0v) is 20.5. The van der Waals surface area contributed by atoms with Gasteiger partial charge in [0.05, 0.1) is 24.1 Å². The Balaban J connectivity index is 1.17. The summed E-state index contributed by atoms with van der Waals surface area (Å²) in [6.45, 7) is 0.720. The minimum absolute atomic E-state index is 0.267. The third-order valence-corrected chi connectivity index (χ3v) is 6.15. The number of hydrogen-bond acceptors (Lipinski definition) is 4. The number of nitrogens with one attached hydrogen (secondary N) is 1. The molecule has 0 spiro atoms. The highest BCUT2D eigenvalue weighted by molar-refractivity contribution is 5.81. The Labute approximate surface area is 219 Å². The SMILES string of the molecule is Fc1cccc(Cn2cc(COc3ccc(-c4nc(-c5ccccc5)c(-c5ccccc5)[nH]4)cc3)nn2)c1. The summed E-state index contributed by atoms with van der Waals surface area (Å²) in [6, 6.07) is 34.6. The van der Waals surface area contributed by atoms with Gasteiger partial charge in [0.25, 0.3) is 0 Å². The Morgan fingerprint density at radius 3 is 2.24 bits per heavy atom. The van der Waals surface area contributed by atoms with Crippen LogP contribution in [0.1, 0.15) is 11.3 Å². The summed E-state index contributed by atoms with van der Waals surface area (Å²) in [7, 11) is 0. The van der Waals surface area contributed by atoms with Gasteiger partial charge in [0.15, 0.2) is 0 Å². The largest absolute Gasteiger partial charge is 0.487 e. The second kappa shape index (κ2) is 10.5. The predicted molar refractivity (Wildman–Crippen MR) is 145 cm³/mol. The molecule has 0 aliphatic carbocycles. The molecular formula is C31H24FN5O. The lowest BCUT2D eigenvalue weighted by Gasteiger charge is -2.05. The van der Waals surface area contributed by atoms with Crippen LogP contribution in [0.5, 0.6) is 5.75 Å². The summed E-state index contributed by atoms with van der Waals surface area (Å²) >= 11 is 0. The molecule has 0 aliphatic heterocycles. The van der Waals surface area contributed by atoms with E-state index in [2.05, 4.69) is 39.6 Å². The topological polar surface area (TPSA) is 68.6 Å². The van der Waals surface area contributed by atoms with Gasteiger partial charge in [0.1, 0.15) is 29.7 Å². The first kappa shape index (κ1) is 23.4. The van der Waals surface area contributed by atoms with Gasteiger partial charge < -0.3 is 9.72 Å². The van der Waals surface area contributed by atoms with Gasteiger partial charge in [-0.2, -0.15) is 0 Å². The normalized spacial score (nSPS) is 11.0. The van der Waals surface area contributed by atoms with E-state index in [-0.39, 0.29) is 12.4 Å². The fourth-order valence-electron chi connectivity index (χ4n) is 4.30. The Morgan fingerprint density at radius 2 is 1.50 bits per heavy atom. The fraction of sp³-hybridized carbons (Fsp3) is 0.0645. The van der Waals surface area contributed by atoms with E-state index >= 15 is 0 Å². The van der Waals surface area contributed by atoms with E-state index in [0.29, 0.717) is 18.0 Å². The molecule has 0 unspecified atom stereocenters. The summed E-state index contributed by atoms with van der Waals surface area (Å²) in [5.41, 5.74) is 6.49. The van der Waals surface area contributed by atoms with Crippen molar-refractivity contribution in [3.8, 4) is 39.7 Å². The number of aromatic amines is 1. The molecule has 2 aromatic heterocycles. The fourth-order valence-corrected chi connectivity index (χ4v) is 4.30. The van der Waals surface area contributed by atoms with E-state index in [9.17, 15) is 4.39 Å². The van der Waals surface area contributed by atoms with Crippen molar-refractivity contribution in [1.29, 1.82) is 0 Å². The summed E-state index contributed by atoms with van der Waals surface area (Å²) in [5.74, 6) is 1.23. The van der Waals surface area contributed by atoms with Crippen molar-refractivity contribution in [3.05, 3.63) is 132 Å². The van der Waals surface area contributed by atoms with E-state index in [1.54, 1.807) is 16.9 Å². The van der Waals surface area contributed by atoms with Gasteiger partial charge in [0.2, 0.25) is 0 Å². The molecule has 6 nitrogen and oxygen atoms in total. The molecule has 0 saturated carbocycles. The first-order chi connectivity index (χ1) is 18.7. The van der Waals surface area contributed by atoms with Gasteiger partial charge in [-0.3, -0.25) is 0 Å². The van der Waals surface area contributed by atoms with Crippen LogP contribution in [0.15, 0.2) is 115 Å². The molecule has 7 heteroatoms. The zero-order valence-electron chi connectivity index (χ0n) is 20.5. The highest BCUT2D eigenvalue weighted by Crippen LogP contribution is 2.33. The lowest BCUT2D eigenvalue weighted by Crippen LogP contribution is -2.00. The molecule has 0 bridgehead atoms. The molecule has 1 N–H and O–H groups in total. The molecule has 6 rings (SSSR count). The number of imidazole rings is 1. The zero-order chi connectivity index (χ0) is 25.7. The van der Waals surface area contributed by atoms with Crippen molar-refractivity contribution in [2.75, 3.05) is 0 Å². The minimum atomic E-state index is -0.267. The molecule has 186 valence electrons. The van der Waals surface area contributed by atoms with Crippen LogP contribution < -0.4 is 4.74 Å². The van der Waals surface area contributed by atoms with Gasteiger partial charge in [-0.15, -0.1) is 5.10 Å². The molecule has 0 saturated heterocycles. The van der Waals surface area contributed by atoms with E-state index < -0.39 is 0 Å². The van der Waals surface area contributed by atoms with Gasteiger partial charge in [-0.25, -0.2) is 14.1 Å². The highest BCUT2D eigenvalue weighted by atomic mass is 19.1. The van der Waals surface area contributed by atoms with Crippen LogP contribution in [0, 0.1) is 5.82 Å². The Morgan fingerprint density at radius 1 is 0.763 bits per heavy atom. The van der Waals surface area contributed by atoms with Crippen LogP contribution in [0.2, 0.25) is 0 Å². The average molecular weight is 502 g/mol. The Hall–Kier alpha value is -5.04. The lowest BCUT2D eigenvalue weighted by molar-refractivity contribution is 0.301. The first-order valence-corrected chi connectivity index (χ1v) is 12.3. The van der Waals surface area contributed by atoms with Crippen molar-refractivity contribution >= 4 is 0 Å². The molecule has 38 heavy (non-hydrogen) atoms. The average Bonchev–Trinajstić information content (AvgIpc) is 3.61. The van der Waals surface area contributed by atoms with E-state index in [4.69, 9.17) is 9.72 Å². The summed E-state index contributed by atoms with van der Waals surface area (Å²) in [6.07, 6.45) is 1.80. The van der Waals surface area contributed by atoms with E-state index in [0.717, 1.165) is 39.5 Å². The maximum absolute atomic E-state index is 13.4. The van der Waals surface area contributed by atoms with Crippen molar-refractivity contribution in [2.24, 2.45) is 0 Å². The van der Waals surface area contributed by atoms with Crippen LogP contribution in [0.3, 0.4) is 0 Å². The van der Waals surface area contributed by atoms with Gasteiger partial charge >= 0.3 is 0 Å². The van der Waals surface area contributed by atoms with Crippen LogP contribution >= 0.6 is 0 Å². The molecular weight excluding hydrogens is 477 g/mol. The van der Waals surface area contributed by atoms with Crippen molar-refractivity contribution in [1.82, 2.24) is 25.0 Å². The molecule has 0 radical (unpaired) electrons. The van der Waals surface area contributed by atoms with Crippen molar-refractivity contribution in [2.45, 2.75) is 13.2 Å². The van der Waals surface area contributed by atoms with Crippen LogP contribution in [0.25, 0.3) is 33.9 Å². The summed E-state index contributed by atoms with van der Waals surface area (Å²) < 4.78 is 21.0. The number of ether oxygens (including phenoxy) is 1. The first-order valence-electron chi connectivity index (χ1n) is 12.3.